The largest absolute Gasteiger partial charge is 0.481 e. The van der Waals surface area contributed by atoms with Gasteiger partial charge in [-0.1, -0.05) is 0 Å². The highest BCUT2D eigenvalue weighted by molar-refractivity contribution is 5.94. The van der Waals surface area contributed by atoms with Crippen molar-refractivity contribution in [2.45, 2.75) is 49.9 Å². The van der Waals surface area contributed by atoms with Gasteiger partial charge in [0.2, 0.25) is 11.8 Å². The molecule has 5 rings (SSSR count). The van der Waals surface area contributed by atoms with Crippen molar-refractivity contribution in [2.75, 3.05) is 33.3 Å². The lowest BCUT2D eigenvalue weighted by atomic mass is 9.87. The number of likely N-dealkylation sites (tertiary alicyclic amines) is 2. The Morgan fingerprint density at radius 3 is 2.73 bits per heavy atom. The third-order valence-corrected chi connectivity index (χ3v) is 7.49. The zero-order chi connectivity index (χ0) is 26.4. The van der Waals surface area contributed by atoms with E-state index in [1.165, 1.54) is 24.1 Å². The van der Waals surface area contributed by atoms with Crippen LogP contribution in [0.1, 0.15) is 42.6 Å². The number of pyridine rings is 1. The van der Waals surface area contributed by atoms with Crippen LogP contribution in [0.15, 0.2) is 18.3 Å². The maximum atomic E-state index is 14.3. The van der Waals surface area contributed by atoms with E-state index in [1.807, 2.05) is 0 Å². The highest BCUT2D eigenvalue weighted by Crippen LogP contribution is 2.50. The van der Waals surface area contributed by atoms with Crippen LogP contribution in [0.5, 0.6) is 5.88 Å². The van der Waals surface area contributed by atoms with Crippen molar-refractivity contribution in [3.05, 3.63) is 29.8 Å². The Morgan fingerprint density at radius 1 is 1.24 bits per heavy atom. The minimum atomic E-state index is -4.26. The number of alkyl halides is 3. The molecule has 1 spiro atoms. The lowest BCUT2D eigenvalue weighted by Gasteiger charge is -2.39. The molecule has 4 heterocycles. The molecule has 2 saturated heterocycles. The third-order valence-electron chi connectivity index (χ3n) is 7.49. The summed E-state index contributed by atoms with van der Waals surface area (Å²) in [6.07, 6.45) is -0.272. The smallest absolute Gasteiger partial charge is 0.401 e. The Kier molecular flexibility index (Phi) is 6.59. The number of nitrogens with one attached hydrogen (secondary N) is 2. The molecule has 13 heteroatoms. The van der Waals surface area contributed by atoms with Gasteiger partial charge in [0.05, 0.1) is 25.5 Å². The Balaban J connectivity index is 1.20. The Labute approximate surface area is 210 Å². The number of aromatic nitrogens is 3. The zero-order valence-electron chi connectivity index (χ0n) is 20.3. The number of nitrogens with zero attached hydrogens (tertiary/aromatic N) is 4. The predicted molar refractivity (Wildman–Crippen MR) is 123 cm³/mol. The zero-order valence-corrected chi connectivity index (χ0v) is 20.3. The number of carbonyl (C=O) groups is 2. The molecular formula is C24H28F4N6O3. The molecule has 2 aromatic heterocycles. The molecule has 0 bridgehead atoms. The van der Waals surface area contributed by atoms with Crippen molar-refractivity contribution in [3.8, 4) is 17.1 Å². The number of amides is 2. The third kappa shape index (κ3) is 5.41. The number of ether oxygens (including phenoxy) is 1. The first-order chi connectivity index (χ1) is 17.6. The molecule has 2 atom stereocenters. The van der Waals surface area contributed by atoms with E-state index in [1.54, 1.807) is 4.90 Å². The number of H-pyrrole nitrogens is 1. The maximum Gasteiger partial charge on any atom is 0.401 e. The number of halogens is 4. The fraction of sp³-hybridized carbons (Fsp3) is 0.583. The van der Waals surface area contributed by atoms with Crippen molar-refractivity contribution >= 4 is 11.8 Å². The molecule has 2 aromatic rings. The first kappa shape index (κ1) is 25.4. The topological polar surface area (TPSA) is 103 Å². The van der Waals surface area contributed by atoms with E-state index in [9.17, 15) is 27.2 Å². The van der Waals surface area contributed by atoms with Gasteiger partial charge in [-0.15, -0.1) is 0 Å². The molecule has 3 fully saturated rings. The van der Waals surface area contributed by atoms with Crippen LogP contribution >= 0.6 is 0 Å². The van der Waals surface area contributed by atoms with Gasteiger partial charge in [0.1, 0.15) is 0 Å². The van der Waals surface area contributed by atoms with Crippen LogP contribution in [0.3, 0.4) is 0 Å². The quantitative estimate of drug-likeness (QED) is 0.564. The van der Waals surface area contributed by atoms with E-state index in [-0.39, 0.29) is 47.5 Å². The summed E-state index contributed by atoms with van der Waals surface area (Å²) in [5.74, 6) is -1.13. The normalized spacial score (nSPS) is 23.3. The minimum Gasteiger partial charge on any atom is -0.481 e. The van der Waals surface area contributed by atoms with Crippen LogP contribution in [-0.2, 0) is 4.79 Å². The highest BCUT2D eigenvalue weighted by atomic mass is 19.4. The maximum absolute atomic E-state index is 14.3. The molecule has 0 unspecified atom stereocenters. The Hall–Kier alpha value is -3.22. The van der Waals surface area contributed by atoms with E-state index in [4.69, 9.17) is 4.74 Å². The predicted octanol–water partition coefficient (Wildman–Crippen LogP) is 2.76. The van der Waals surface area contributed by atoms with E-state index < -0.39 is 24.1 Å². The van der Waals surface area contributed by atoms with Crippen molar-refractivity contribution < 1.29 is 31.9 Å². The summed E-state index contributed by atoms with van der Waals surface area (Å²) in [7, 11) is 1.42. The molecule has 9 nitrogen and oxygen atoms in total. The molecule has 3 aliphatic rings. The van der Waals surface area contributed by atoms with Gasteiger partial charge >= 0.3 is 6.18 Å². The first-order valence-electron chi connectivity index (χ1n) is 12.2. The molecule has 2 amide bonds. The average molecular weight is 525 g/mol. The van der Waals surface area contributed by atoms with Gasteiger partial charge < -0.3 is 15.0 Å². The van der Waals surface area contributed by atoms with Crippen LogP contribution in [0, 0.1) is 11.7 Å². The second-order valence-electron chi connectivity index (χ2n) is 10.1. The molecular weight excluding hydrogens is 496 g/mol. The number of hydrogen-bond donors (Lipinski definition) is 2. The van der Waals surface area contributed by atoms with Crippen molar-refractivity contribution in [2.24, 2.45) is 5.92 Å². The number of rotatable bonds is 6. The fourth-order valence-electron chi connectivity index (χ4n) is 5.46. The van der Waals surface area contributed by atoms with Crippen LogP contribution in [-0.4, -0.2) is 87.8 Å². The van der Waals surface area contributed by atoms with Crippen LogP contribution in [0.2, 0.25) is 0 Å². The monoisotopic (exact) mass is 524 g/mol. The van der Waals surface area contributed by atoms with Gasteiger partial charge in [-0.25, -0.2) is 9.37 Å². The lowest BCUT2D eigenvalue weighted by Crippen LogP contribution is -2.52. The second kappa shape index (κ2) is 9.58. The lowest BCUT2D eigenvalue weighted by molar-refractivity contribution is -0.143. The molecule has 0 radical (unpaired) electrons. The molecule has 37 heavy (non-hydrogen) atoms. The van der Waals surface area contributed by atoms with Gasteiger partial charge in [0.15, 0.2) is 11.5 Å². The number of carbonyl (C=O) groups excluding carboxylic acids is 2. The van der Waals surface area contributed by atoms with Crippen LogP contribution in [0.4, 0.5) is 17.6 Å². The number of hydrogen-bond acceptors (Lipinski definition) is 6. The summed E-state index contributed by atoms with van der Waals surface area (Å²) >= 11 is 0. The molecule has 200 valence electrons. The number of aromatic amines is 1. The average Bonchev–Trinajstić information content (AvgIpc) is 3.23. The SMILES string of the molecule is COc1cc(-c2cc(C(=O)N3CC[C@@H](C(=O)N[C@H]4CCN(CC(F)(F)F)C4)CC34CC4)n[nH]2)c(F)cn1. The number of methoxy groups -OCH3 is 1. The van der Waals surface area contributed by atoms with E-state index in [0.29, 0.717) is 38.0 Å². The summed E-state index contributed by atoms with van der Waals surface area (Å²) in [5, 5.41) is 9.73. The summed E-state index contributed by atoms with van der Waals surface area (Å²) < 4.78 is 57.3. The standard InChI is InChI=1S/C24H28F4N6O3/c1-37-20-8-16(17(25)11-29-20)18-9-19(32-31-18)22(36)34-7-2-14(10-23(34)4-5-23)21(35)30-15-3-6-33(12-15)13-24(26,27)28/h8-9,11,14-15H,2-7,10,12-13H2,1H3,(H,30,35)(H,31,32)/t14-,15+/m1/s1. The summed E-state index contributed by atoms with van der Waals surface area (Å²) in [4.78, 5) is 33.1. The van der Waals surface area contributed by atoms with E-state index in [0.717, 1.165) is 19.0 Å². The molecule has 1 aliphatic carbocycles. The van der Waals surface area contributed by atoms with Crippen LogP contribution in [0.25, 0.3) is 11.3 Å². The molecule has 2 aliphatic heterocycles. The summed E-state index contributed by atoms with van der Waals surface area (Å²) in [5.41, 5.74) is 0.210. The van der Waals surface area contributed by atoms with Gasteiger partial charge in [0.25, 0.3) is 5.91 Å². The van der Waals surface area contributed by atoms with Crippen molar-refractivity contribution in [1.29, 1.82) is 0 Å². The van der Waals surface area contributed by atoms with Gasteiger partial charge in [-0.3, -0.25) is 19.6 Å². The fourth-order valence-corrected chi connectivity index (χ4v) is 5.46. The van der Waals surface area contributed by atoms with Crippen molar-refractivity contribution in [3.63, 3.8) is 0 Å². The van der Waals surface area contributed by atoms with Crippen LogP contribution < -0.4 is 10.1 Å². The number of piperidine rings is 1. The summed E-state index contributed by atoms with van der Waals surface area (Å²) in [6, 6.07) is 2.59. The van der Waals surface area contributed by atoms with Gasteiger partial charge in [-0.2, -0.15) is 18.3 Å². The Morgan fingerprint density at radius 2 is 2.03 bits per heavy atom. The highest BCUT2D eigenvalue weighted by Gasteiger charge is 2.55. The molecule has 0 aromatic carbocycles. The molecule has 2 N–H and O–H groups in total. The second-order valence-corrected chi connectivity index (χ2v) is 10.1. The summed E-state index contributed by atoms with van der Waals surface area (Å²) in [6.45, 7) is -0.136. The Bertz CT molecular complexity index is 1180. The first-order valence-corrected chi connectivity index (χ1v) is 12.2. The minimum absolute atomic E-state index is 0.148. The van der Waals surface area contributed by atoms with Gasteiger partial charge in [0, 0.05) is 48.8 Å². The van der Waals surface area contributed by atoms with E-state index in [2.05, 4.69) is 20.5 Å². The molecule has 1 saturated carbocycles. The van der Waals surface area contributed by atoms with Gasteiger partial charge in [-0.05, 0) is 38.2 Å². The van der Waals surface area contributed by atoms with Crippen molar-refractivity contribution in [1.82, 2.24) is 30.3 Å². The van der Waals surface area contributed by atoms with E-state index >= 15 is 0 Å².